The van der Waals surface area contributed by atoms with Gasteiger partial charge in [0.05, 0.1) is 18.0 Å². The molecule has 4 aromatic rings. The zero-order valence-corrected chi connectivity index (χ0v) is 25.8. The van der Waals surface area contributed by atoms with Crippen molar-refractivity contribution < 1.29 is 23.5 Å². The molecule has 0 spiro atoms. The Labute approximate surface area is 262 Å². The van der Waals surface area contributed by atoms with Gasteiger partial charge in [0.15, 0.2) is 0 Å². The molecule has 0 aromatic heterocycles. The summed E-state index contributed by atoms with van der Waals surface area (Å²) in [6.07, 6.45) is 2.04. The molecular weight excluding hydrogens is 633 g/mol. The normalized spacial score (nSPS) is 11.8. The summed E-state index contributed by atoms with van der Waals surface area (Å²) in [5.74, 6) is -1.34. The lowest BCUT2D eigenvalue weighted by atomic mass is 10.1. The second-order valence-electron chi connectivity index (χ2n) is 9.23. The lowest BCUT2D eigenvalue weighted by molar-refractivity contribution is -0.116. The van der Waals surface area contributed by atoms with Crippen LogP contribution in [0.4, 0.5) is 15.8 Å². The van der Waals surface area contributed by atoms with Crippen molar-refractivity contribution in [3.05, 3.63) is 124 Å². The van der Waals surface area contributed by atoms with E-state index in [1.807, 2.05) is 13.0 Å². The molecule has 0 heterocycles. The molecule has 4 rings (SSSR count). The van der Waals surface area contributed by atoms with Gasteiger partial charge in [-0.15, -0.1) is 11.8 Å². The van der Waals surface area contributed by atoms with Crippen LogP contribution in [0.1, 0.15) is 29.3 Å². The van der Waals surface area contributed by atoms with Crippen LogP contribution in [-0.4, -0.2) is 30.1 Å². The number of anilines is 2. The van der Waals surface area contributed by atoms with Crippen LogP contribution in [-0.2, 0) is 9.59 Å². The Bertz CT molecular complexity index is 1650. The first-order valence-corrected chi connectivity index (χ1v) is 15.0. The monoisotopic (exact) mass is 661 g/mol. The maximum Gasteiger partial charge on any atom is 0.272 e. The Balaban J connectivity index is 1.52. The van der Waals surface area contributed by atoms with Crippen molar-refractivity contribution in [1.82, 2.24) is 5.32 Å². The van der Waals surface area contributed by atoms with E-state index in [4.69, 9.17) is 4.74 Å². The number of carbonyl (C=O) groups is 3. The van der Waals surface area contributed by atoms with Crippen LogP contribution in [0.15, 0.2) is 112 Å². The van der Waals surface area contributed by atoms with E-state index >= 15 is 0 Å². The molecule has 220 valence electrons. The van der Waals surface area contributed by atoms with Crippen molar-refractivity contribution in [3.8, 4) is 5.75 Å². The highest BCUT2D eigenvalue weighted by molar-refractivity contribution is 9.10. The summed E-state index contributed by atoms with van der Waals surface area (Å²) in [7, 11) is 1.53. The number of benzene rings is 4. The average Bonchev–Trinajstić information content (AvgIpc) is 3.01. The Kier molecular flexibility index (Phi) is 11.1. The molecule has 0 bridgehead atoms. The fourth-order valence-electron chi connectivity index (χ4n) is 4.02. The van der Waals surface area contributed by atoms with E-state index in [2.05, 4.69) is 31.9 Å². The lowest BCUT2D eigenvalue weighted by Crippen LogP contribution is -2.30. The van der Waals surface area contributed by atoms with Gasteiger partial charge in [0.1, 0.15) is 17.3 Å². The first-order valence-electron chi connectivity index (χ1n) is 13.3. The van der Waals surface area contributed by atoms with Crippen molar-refractivity contribution in [2.45, 2.75) is 23.5 Å². The van der Waals surface area contributed by atoms with Crippen molar-refractivity contribution >= 4 is 62.9 Å². The number of carbonyl (C=O) groups excluding carboxylic acids is 3. The minimum absolute atomic E-state index is 0.0127. The highest BCUT2D eigenvalue weighted by Crippen LogP contribution is 2.30. The predicted molar refractivity (Wildman–Crippen MR) is 173 cm³/mol. The molecule has 0 fully saturated rings. The summed E-state index contributed by atoms with van der Waals surface area (Å²) < 4.78 is 20.3. The smallest absolute Gasteiger partial charge is 0.272 e. The molecule has 3 amide bonds. The van der Waals surface area contributed by atoms with Crippen LogP contribution < -0.4 is 20.7 Å². The number of para-hydroxylation sites is 1. The highest BCUT2D eigenvalue weighted by Gasteiger charge is 2.20. The highest BCUT2D eigenvalue weighted by atomic mass is 79.9. The van der Waals surface area contributed by atoms with Crippen molar-refractivity contribution in [3.63, 3.8) is 0 Å². The van der Waals surface area contributed by atoms with Gasteiger partial charge in [-0.05, 0) is 67.1 Å². The number of nitrogens with one attached hydrogen (secondary N) is 3. The van der Waals surface area contributed by atoms with Gasteiger partial charge in [-0.3, -0.25) is 14.4 Å². The quantitative estimate of drug-likeness (QED) is 0.114. The molecule has 0 saturated carbocycles. The Hall–Kier alpha value is -4.41. The van der Waals surface area contributed by atoms with E-state index < -0.39 is 22.9 Å². The first-order chi connectivity index (χ1) is 20.8. The molecule has 10 heteroatoms. The number of hydrogen-bond donors (Lipinski definition) is 3. The van der Waals surface area contributed by atoms with E-state index in [1.54, 1.807) is 84.9 Å². The standard InChI is InChI=1S/C33H29BrFN3O4S/c1-3-30(33(41)37-27-17-16-23(34)19-26(27)35)43-25-14-9-13-24(20-25)36-32(40)28(18-22-12-7-8-15-29(22)42-2)38-31(39)21-10-5-4-6-11-21/h4-20,30H,3H2,1-2H3,(H,36,40)(H,37,41)(H,38,39)/b28-18+. The molecule has 0 aliphatic rings. The Morgan fingerprint density at radius 1 is 0.930 bits per heavy atom. The molecule has 1 unspecified atom stereocenters. The topological polar surface area (TPSA) is 96.5 Å². The first kappa shape index (κ1) is 31.5. The maximum absolute atomic E-state index is 14.3. The fourth-order valence-corrected chi connectivity index (χ4v) is 5.37. The summed E-state index contributed by atoms with van der Waals surface area (Å²) in [5.41, 5.74) is 1.57. The van der Waals surface area contributed by atoms with Crippen LogP contribution in [0.25, 0.3) is 6.08 Å². The summed E-state index contributed by atoms with van der Waals surface area (Å²) in [6.45, 7) is 1.87. The van der Waals surface area contributed by atoms with Gasteiger partial charge in [-0.1, -0.05) is 65.3 Å². The molecule has 4 aromatic carbocycles. The van der Waals surface area contributed by atoms with Crippen molar-refractivity contribution in [2.75, 3.05) is 17.7 Å². The number of halogens is 2. The van der Waals surface area contributed by atoms with Crippen LogP contribution in [0.5, 0.6) is 5.75 Å². The number of amides is 3. The summed E-state index contributed by atoms with van der Waals surface area (Å²) in [5, 5.41) is 7.70. The van der Waals surface area contributed by atoms with Gasteiger partial charge < -0.3 is 20.7 Å². The molecule has 7 nitrogen and oxygen atoms in total. The van der Waals surface area contributed by atoms with Gasteiger partial charge >= 0.3 is 0 Å². The third kappa shape index (κ3) is 8.79. The van der Waals surface area contributed by atoms with Gasteiger partial charge in [-0.2, -0.15) is 0 Å². The summed E-state index contributed by atoms with van der Waals surface area (Å²) in [4.78, 5) is 40.1. The zero-order valence-electron chi connectivity index (χ0n) is 23.4. The second kappa shape index (κ2) is 15.2. The van der Waals surface area contributed by atoms with E-state index in [0.717, 1.165) is 4.90 Å². The van der Waals surface area contributed by atoms with Crippen molar-refractivity contribution in [2.24, 2.45) is 0 Å². The van der Waals surface area contributed by atoms with Crippen LogP contribution in [0.2, 0.25) is 0 Å². The van der Waals surface area contributed by atoms with Gasteiger partial charge in [-0.25, -0.2) is 4.39 Å². The number of ether oxygens (including phenoxy) is 1. The molecular formula is C33H29BrFN3O4S. The fraction of sp³-hybridized carbons (Fsp3) is 0.121. The maximum atomic E-state index is 14.3. The van der Waals surface area contributed by atoms with E-state index in [9.17, 15) is 18.8 Å². The number of thioether (sulfide) groups is 1. The molecule has 3 N–H and O–H groups in total. The van der Waals surface area contributed by atoms with E-state index in [-0.39, 0.29) is 17.3 Å². The molecule has 43 heavy (non-hydrogen) atoms. The second-order valence-corrected chi connectivity index (χ2v) is 11.4. The molecule has 0 radical (unpaired) electrons. The minimum Gasteiger partial charge on any atom is -0.496 e. The molecule has 0 aliphatic heterocycles. The van der Waals surface area contributed by atoms with E-state index in [0.29, 0.717) is 33.5 Å². The molecule has 1 atom stereocenters. The van der Waals surface area contributed by atoms with Gasteiger partial charge in [0, 0.05) is 26.2 Å². The summed E-state index contributed by atoms with van der Waals surface area (Å²) >= 11 is 4.50. The zero-order chi connectivity index (χ0) is 30.8. The molecule has 0 saturated heterocycles. The lowest BCUT2D eigenvalue weighted by Gasteiger charge is -2.16. The predicted octanol–water partition coefficient (Wildman–Crippen LogP) is 7.52. The van der Waals surface area contributed by atoms with Crippen LogP contribution in [0.3, 0.4) is 0 Å². The van der Waals surface area contributed by atoms with Gasteiger partial charge in [0.25, 0.3) is 11.8 Å². The SMILES string of the molecule is CCC(Sc1cccc(NC(=O)/C(=C\c2ccccc2OC)NC(=O)c2ccccc2)c1)C(=O)Nc1ccc(Br)cc1F. The van der Waals surface area contributed by atoms with Crippen LogP contribution in [0, 0.1) is 5.82 Å². The number of hydrogen-bond acceptors (Lipinski definition) is 5. The Morgan fingerprint density at radius 2 is 1.67 bits per heavy atom. The largest absolute Gasteiger partial charge is 0.496 e. The van der Waals surface area contributed by atoms with Crippen LogP contribution >= 0.6 is 27.7 Å². The van der Waals surface area contributed by atoms with Gasteiger partial charge in [0.2, 0.25) is 5.91 Å². The summed E-state index contributed by atoms with van der Waals surface area (Å²) in [6, 6.07) is 27.2. The number of methoxy groups -OCH3 is 1. The minimum atomic E-state index is -0.548. The third-order valence-corrected chi connectivity index (χ3v) is 8.04. The van der Waals surface area contributed by atoms with Crippen molar-refractivity contribution in [1.29, 1.82) is 0 Å². The number of rotatable bonds is 11. The molecule has 0 aliphatic carbocycles. The van der Waals surface area contributed by atoms with E-state index in [1.165, 1.54) is 31.0 Å². The Morgan fingerprint density at radius 3 is 2.40 bits per heavy atom. The average molecular weight is 663 g/mol. The third-order valence-electron chi connectivity index (χ3n) is 6.19.